The van der Waals surface area contributed by atoms with E-state index in [9.17, 15) is 4.39 Å². The van der Waals surface area contributed by atoms with Crippen LogP contribution in [0.4, 0.5) is 10.1 Å². The summed E-state index contributed by atoms with van der Waals surface area (Å²) < 4.78 is 29.2. The first kappa shape index (κ1) is 13.0. The Morgan fingerprint density at radius 1 is 1.56 bits per heavy atom. The molecule has 100 valence electrons. The normalized spacial score (nSPS) is 19.6. The molecule has 0 bridgehead atoms. The first-order valence-electron chi connectivity index (χ1n) is 5.56. The molecule has 18 heavy (non-hydrogen) atoms. The zero-order chi connectivity index (χ0) is 12.8. The van der Waals surface area contributed by atoms with E-state index in [4.69, 9.17) is 19.0 Å². The molecule has 0 saturated carbocycles. The maximum absolute atomic E-state index is 13.0. The van der Waals surface area contributed by atoms with Crippen molar-refractivity contribution in [1.29, 1.82) is 0 Å². The Labute approximate surface area is 104 Å². The number of pyridine rings is 1. The molecule has 1 N–H and O–H groups in total. The number of hydrogen-bond acceptors (Lipinski definition) is 6. The Kier molecular flexibility index (Phi) is 4.68. The minimum absolute atomic E-state index is 0.148. The minimum Gasteiger partial charge on any atom is -0.488 e. The Balaban J connectivity index is 1.95. The molecule has 6 nitrogen and oxygen atoms in total. The van der Waals surface area contributed by atoms with Crippen molar-refractivity contribution in [3.05, 3.63) is 18.2 Å². The molecule has 7 heteroatoms. The van der Waals surface area contributed by atoms with Crippen LogP contribution in [0.5, 0.6) is 5.75 Å². The highest BCUT2D eigenvalue weighted by atomic mass is 19.1. The summed E-state index contributed by atoms with van der Waals surface area (Å²) in [4.78, 5) is 8.26. The van der Waals surface area contributed by atoms with Crippen molar-refractivity contribution in [2.75, 3.05) is 39.0 Å². The lowest BCUT2D eigenvalue weighted by molar-refractivity contribution is -0.101. The summed E-state index contributed by atoms with van der Waals surface area (Å²) in [5.74, 6) is -0.300. The van der Waals surface area contributed by atoms with Crippen LogP contribution in [0.2, 0.25) is 0 Å². The van der Waals surface area contributed by atoms with Crippen LogP contribution in [0.15, 0.2) is 12.3 Å². The number of nitrogens with zero attached hydrogens (tertiary/aromatic N) is 1. The second-order valence-corrected chi connectivity index (χ2v) is 3.69. The second kappa shape index (κ2) is 6.48. The maximum Gasteiger partial charge on any atom is 0.216 e. The first-order valence-corrected chi connectivity index (χ1v) is 5.56. The van der Waals surface area contributed by atoms with Gasteiger partial charge in [-0.3, -0.25) is 10.3 Å². The molecular formula is C11H15FN2O4. The summed E-state index contributed by atoms with van der Waals surface area (Å²) in [5, 5.41) is 0. The van der Waals surface area contributed by atoms with Crippen LogP contribution in [0, 0.1) is 5.95 Å². The molecule has 1 fully saturated rings. The predicted molar refractivity (Wildman–Crippen MR) is 60.9 cm³/mol. The average molecular weight is 258 g/mol. The van der Waals surface area contributed by atoms with Crippen molar-refractivity contribution < 1.29 is 23.4 Å². The van der Waals surface area contributed by atoms with Crippen molar-refractivity contribution in [2.45, 2.75) is 6.10 Å². The zero-order valence-corrected chi connectivity index (χ0v) is 10.0. The minimum atomic E-state index is -0.618. The van der Waals surface area contributed by atoms with Gasteiger partial charge in [-0.25, -0.2) is 4.98 Å². The first-order chi connectivity index (χ1) is 8.79. The molecule has 0 amide bonds. The van der Waals surface area contributed by atoms with Crippen LogP contribution >= 0.6 is 0 Å². The summed E-state index contributed by atoms with van der Waals surface area (Å²) in [6.07, 6.45) is 1.15. The number of hydrogen-bond donors (Lipinski definition) is 1. The smallest absolute Gasteiger partial charge is 0.216 e. The molecule has 0 aliphatic carbocycles. The van der Waals surface area contributed by atoms with Crippen molar-refractivity contribution in [1.82, 2.24) is 4.98 Å². The number of anilines is 1. The van der Waals surface area contributed by atoms with Crippen LogP contribution in [0.3, 0.4) is 0 Å². The lowest BCUT2D eigenvalue weighted by Gasteiger charge is -2.23. The molecule has 0 spiro atoms. The van der Waals surface area contributed by atoms with Gasteiger partial charge in [-0.2, -0.15) is 4.39 Å². The molecule has 1 saturated heterocycles. The van der Waals surface area contributed by atoms with Gasteiger partial charge in [0.05, 0.1) is 33.1 Å². The summed E-state index contributed by atoms with van der Waals surface area (Å²) in [6.45, 7) is 1.89. The highest BCUT2D eigenvalue weighted by Crippen LogP contribution is 2.24. The summed E-state index contributed by atoms with van der Waals surface area (Å²) in [7, 11) is 1.45. The number of nitrogens with one attached hydrogen (secondary N) is 1. The van der Waals surface area contributed by atoms with Crippen LogP contribution in [-0.2, 0) is 14.3 Å². The number of rotatable bonds is 5. The van der Waals surface area contributed by atoms with Gasteiger partial charge in [-0.15, -0.1) is 0 Å². The molecule has 0 aromatic carbocycles. The number of halogens is 1. The molecule has 2 heterocycles. The Morgan fingerprint density at radius 3 is 3.17 bits per heavy atom. The quantitative estimate of drug-likeness (QED) is 0.627. The largest absolute Gasteiger partial charge is 0.488 e. The van der Waals surface area contributed by atoms with E-state index in [2.05, 4.69) is 10.5 Å². The maximum atomic E-state index is 13.0. The fourth-order valence-electron chi connectivity index (χ4n) is 1.53. The van der Waals surface area contributed by atoms with Crippen molar-refractivity contribution in [2.24, 2.45) is 0 Å². The second-order valence-electron chi connectivity index (χ2n) is 3.69. The third-order valence-corrected chi connectivity index (χ3v) is 2.35. The van der Waals surface area contributed by atoms with Crippen LogP contribution in [0.25, 0.3) is 0 Å². The lowest BCUT2D eigenvalue weighted by atomic mass is 10.3. The predicted octanol–water partition coefficient (Wildman–Crippen LogP) is 0.988. The summed E-state index contributed by atoms with van der Waals surface area (Å²) >= 11 is 0. The van der Waals surface area contributed by atoms with Gasteiger partial charge in [0.15, 0.2) is 5.75 Å². The van der Waals surface area contributed by atoms with Crippen molar-refractivity contribution >= 4 is 5.69 Å². The third kappa shape index (κ3) is 3.52. The van der Waals surface area contributed by atoms with Crippen LogP contribution in [-0.4, -0.2) is 44.6 Å². The zero-order valence-electron chi connectivity index (χ0n) is 10.0. The average Bonchev–Trinajstić information content (AvgIpc) is 2.40. The van der Waals surface area contributed by atoms with Crippen LogP contribution in [0.1, 0.15) is 0 Å². The van der Waals surface area contributed by atoms with Gasteiger partial charge in [-0.1, -0.05) is 0 Å². The molecule has 1 aromatic rings. The van der Waals surface area contributed by atoms with Gasteiger partial charge in [0.2, 0.25) is 5.95 Å². The van der Waals surface area contributed by atoms with Crippen LogP contribution < -0.4 is 10.2 Å². The third-order valence-electron chi connectivity index (χ3n) is 2.35. The van der Waals surface area contributed by atoms with Crippen molar-refractivity contribution in [3.8, 4) is 5.75 Å². The molecular weight excluding hydrogens is 243 g/mol. The summed E-state index contributed by atoms with van der Waals surface area (Å²) in [5.41, 5.74) is 3.02. The molecule has 1 aliphatic rings. The summed E-state index contributed by atoms with van der Waals surface area (Å²) in [6, 6.07) is 1.19. The number of ether oxygens (including phenoxy) is 3. The van der Waals surface area contributed by atoms with Gasteiger partial charge in [0.1, 0.15) is 18.4 Å². The van der Waals surface area contributed by atoms with E-state index in [1.165, 1.54) is 19.4 Å². The highest BCUT2D eigenvalue weighted by Gasteiger charge is 2.16. The van der Waals surface area contributed by atoms with Gasteiger partial charge >= 0.3 is 0 Å². The Morgan fingerprint density at radius 2 is 2.44 bits per heavy atom. The van der Waals surface area contributed by atoms with Gasteiger partial charge in [-0.05, 0) is 0 Å². The fourth-order valence-corrected chi connectivity index (χ4v) is 1.53. The molecule has 1 aromatic heterocycles. The van der Waals surface area contributed by atoms with E-state index in [1.807, 2.05) is 0 Å². The lowest BCUT2D eigenvalue weighted by Crippen LogP contribution is -2.33. The van der Waals surface area contributed by atoms with E-state index in [1.54, 1.807) is 0 Å². The van der Waals surface area contributed by atoms with E-state index in [0.717, 1.165) is 0 Å². The van der Waals surface area contributed by atoms with Gasteiger partial charge in [0.25, 0.3) is 0 Å². The standard InChI is InChI=1S/C11H15FN2O4/c1-15-14-9-5-13-11(12)4-10(9)18-7-8-6-16-2-3-17-8/h4-5,8,14H,2-3,6-7H2,1H3/t8-/m1/s1. The van der Waals surface area contributed by atoms with E-state index < -0.39 is 5.95 Å². The van der Waals surface area contributed by atoms with E-state index in [-0.39, 0.29) is 12.7 Å². The Hall–Kier alpha value is -1.44. The number of aromatic nitrogens is 1. The SMILES string of the molecule is CONc1cnc(F)cc1OC[C@H]1COCCO1. The van der Waals surface area contributed by atoms with Crippen molar-refractivity contribution in [3.63, 3.8) is 0 Å². The van der Waals surface area contributed by atoms with Gasteiger partial charge in [0, 0.05) is 6.07 Å². The molecule has 1 aliphatic heterocycles. The fraction of sp³-hybridized carbons (Fsp3) is 0.545. The monoisotopic (exact) mass is 258 g/mol. The molecule has 1 atom stereocenters. The molecule has 0 radical (unpaired) electrons. The topological polar surface area (TPSA) is 61.8 Å². The van der Waals surface area contributed by atoms with E-state index in [0.29, 0.717) is 31.3 Å². The van der Waals surface area contributed by atoms with E-state index >= 15 is 0 Å². The molecule has 2 rings (SSSR count). The molecule has 0 unspecified atom stereocenters. The Bertz CT molecular complexity index is 385. The van der Waals surface area contributed by atoms with Gasteiger partial charge < -0.3 is 14.2 Å². The highest BCUT2D eigenvalue weighted by molar-refractivity contribution is 5.52.